The van der Waals surface area contributed by atoms with Gasteiger partial charge < -0.3 is 10.1 Å². The molecule has 3 rings (SSSR count). The lowest BCUT2D eigenvalue weighted by atomic mass is 10.0. The fourth-order valence-electron chi connectivity index (χ4n) is 3.20. The van der Waals surface area contributed by atoms with E-state index in [0.717, 1.165) is 36.9 Å². The van der Waals surface area contributed by atoms with Crippen molar-refractivity contribution in [3.05, 3.63) is 64.1 Å². The zero-order valence-electron chi connectivity index (χ0n) is 14.4. The highest BCUT2D eigenvalue weighted by Crippen LogP contribution is 2.23. The van der Waals surface area contributed by atoms with E-state index >= 15 is 0 Å². The summed E-state index contributed by atoms with van der Waals surface area (Å²) in [6.45, 7) is 2.96. The number of methoxy groups -OCH3 is 1. The summed E-state index contributed by atoms with van der Waals surface area (Å²) >= 11 is 3.42. The molecular formula is C20H23BrN2O2. The van der Waals surface area contributed by atoms with E-state index in [1.165, 1.54) is 5.56 Å². The largest absolute Gasteiger partial charge is 0.496 e. The van der Waals surface area contributed by atoms with Crippen molar-refractivity contribution in [2.45, 2.75) is 25.4 Å². The highest BCUT2D eigenvalue weighted by molar-refractivity contribution is 9.10. The van der Waals surface area contributed by atoms with Gasteiger partial charge in [-0.25, -0.2) is 0 Å². The number of carbonyl (C=O) groups excluding carboxylic acids is 1. The molecule has 0 aliphatic carbocycles. The van der Waals surface area contributed by atoms with Crippen LogP contribution in [0.25, 0.3) is 0 Å². The van der Waals surface area contributed by atoms with Gasteiger partial charge in [-0.1, -0.05) is 46.3 Å². The third kappa shape index (κ3) is 4.83. The van der Waals surface area contributed by atoms with Gasteiger partial charge in [0.2, 0.25) is 0 Å². The molecule has 2 aromatic carbocycles. The summed E-state index contributed by atoms with van der Waals surface area (Å²) in [5, 5.41) is 3.16. The van der Waals surface area contributed by atoms with Crippen LogP contribution < -0.4 is 10.1 Å². The molecule has 4 nitrogen and oxygen atoms in total. The SMILES string of the molecule is COc1ccc(Br)cc1C(=O)NC1CCN(Cc2ccccc2)CC1. The summed E-state index contributed by atoms with van der Waals surface area (Å²) in [6, 6.07) is 16.2. The number of benzene rings is 2. The van der Waals surface area contributed by atoms with Gasteiger partial charge in [-0.05, 0) is 36.6 Å². The second-order valence-corrected chi connectivity index (χ2v) is 7.27. The van der Waals surface area contributed by atoms with Gasteiger partial charge >= 0.3 is 0 Å². The first kappa shape index (κ1) is 18.0. The van der Waals surface area contributed by atoms with Crippen LogP contribution in [0.3, 0.4) is 0 Å². The van der Waals surface area contributed by atoms with Crippen LogP contribution in [-0.4, -0.2) is 37.0 Å². The molecule has 1 saturated heterocycles. The molecule has 1 amide bonds. The van der Waals surface area contributed by atoms with E-state index in [4.69, 9.17) is 4.74 Å². The number of amides is 1. The predicted molar refractivity (Wildman–Crippen MR) is 103 cm³/mol. The third-order valence-electron chi connectivity index (χ3n) is 4.58. The Labute approximate surface area is 157 Å². The average molecular weight is 403 g/mol. The number of hydrogen-bond donors (Lipinski definition) is 1. The van der Waals surface area contributed by atoms with Gasteiger partial charge in [-0.15, -0.1) is 0 Å². The van der Waals surface area contributed by atoms with Crippen LogP contribution in [0.5, 0.6) is 5.75 Å². The normalized spacial score (nSPS) is 15.8. The molecule has 1 heterocycles. The van der Waals surface area contributed by atoms with Crippen LogP contribution in [0.4, 0.5) is 0 Å². The zero-order chi connectivity index (χ0) is 17.6. The fraction of sp³-hybridized carbons (Fsp3) is 0.350. The molecule has 132 valence electrons. The van der Waals surface area contributed by atoms with E-state index in [2.05, 4.69) is 50.4 Å². The number of carbonyl (C=O) groups is 1. The van der Waals surface area contributed by atoms with Gasteiger partial charge in [0.15, 0.2) is 0 Å². The Hall–Kier alpha value is -1.85. The van der Waals surface area contributed by atoms with E-state index in [1.807, 2.05) is 18.2 Å². The van der Waals surface area contributed by atoms with Crippen LogP contribution in [0, 0.1) is 0 Å². The third-order valence-corrected chi connectivity index (χ3v) is 5.07. The van der Waals surface area contributed by atoms with E-state index < -0.39 is 0 Å². The maximum absolute atomic E-state index is 12.6. The molecule has 0 spiro atoms. The second-order valence-electron chi connectivity index (χ2n) is 6.35. The number of nitrogens with one attached hydrogen (secondary N) is 1. The number of hydrogen-bond acceptors (Lipinski definition) is 3. The van der Waals surface area contributed by atoms with E-state index in [0.29, 0.717) is 11.3 Å². The molecule has 1 N–H and O–H groups in total. The van der Waals surface area contributed by atoms with Crippen molar-refractivity contribution in [3.8, 4) is 5.75 Å². The quantitative estimate of drug-likeness (QED) is 0.825. The highest BCUT2D eigenvalue weighted by Gasteiger charge is 2.22. The van der Waals surface area contributed by atoms with Crippen molar-refractivity contribution in [2.24, 2.45) is 0 Å². The maximum atomic E-state index is 12.6. The van der Waals surface area contributed by atoms with Gasteiger partial charge in [0.25, 0.3) is 5.91 Å². The Morgan fingerprint density at radius 2 is 1.92 bits per heavy atom. The Morgan fingerprint density at radius 1 is 1.20 bits per heavy atom. The molecule has 0 radical (unpaired) electrons. The first-order valence-electron chi connectivity index (χ1n) is 8.56. The van der Waals surface area contributed by atoms with Crippen LogP contribution >= 0.6 is 15.9 Å². The number of likely N-dealkylation sites (tertiary alicyclic amines) is 1. The van der Waals surface area contributed by atoms with Crippen LogP contribution in [0.15, 0.2) is 53.0 Å². The standard InChI is InChI=1S/C20H23BrN2O2/c1-25-19-8-7-16(21)13-18(19)20(24)22-17-9-11-23(12-10-17)14-15-5-3-2-4-6-15/h2-8,13,17H,9-12,14H2,1H3,(H,22,24). The van der Waals surface area contributed by atoms with Crippen molar-refractivity contribution >= 4 is 21.8 Å². The Morgan fingerprint density at radius 3 is 2.60 bits per heavy atom. The molecular weight excluding hydrogens is 380 g/mol. The Balaban J connectivity index is 1.54. The first-order valence-corrected chi connectivity index (χ1v) is 9.35. The van der Waals surface area contributed by atoms with Gasteiger partial charge in [0, 0.05) is 30.1 Å². The molecule has 1 fully saturated rings. The van der Waals surface area contributed by atoms with Crippen molar-refractivity contribution in [2.75, 3.05) is 20.2 Å². The summed E-state index contributed by atoms with van der Waals surface area (Å²) in [5.41, 5.74) is 1.91. The van der Waals surface area contributed by atoms with Crippen molar-refractivity contribution in [3.63, 3.8) is 0 Å². The van der Waals surface area contributed by atoms with Crippen LogP contribution in [0.1, 0.15) is 28.8 Å². The highest BCUT2D eigenvalue weighted by atomic mass is 79.9. The lowest BCUT2D eigenvalue weighted by molar-refractivity contribution is 0.0906. The molecule has 25 heavy (non-hydrogen) atoms. The van der Waals surface area contributed by atoms with Crippen molar-refractivity contribution in [1.82, 2.24) is 10.2 Å². The van der Waals surface area contributed by atoms with Crippen molar-refractivity contribution in [1.29, 1.82) is 0 Å². The lowest BCUT2D eigenvalue weighted by Gasteiger charge is -2.32. The number of ether oxygens (including phenoxy) is 1. The van der Waals surface area contributed by atoms with E-state index in [-0.39, 0.29) is 11.9 Å². The number of halogens is 1. The Bertz CT molecular complexity index is 713. The van der Waals surface area contributed by atoms with Gasteiger partial charge in [0.05, 0.1) is 12.7 Å². The number of piperidine rings is 1. The van der Waals surface area contributed by atoms with Gasteiger partial charge in [-0.2, -0.15) is 0 Å². The molecule has 0 aromatic heterocycles. The molecule has 0 saturated carbocycles. The average Bonchev–Trinajstić information content (AvgIpc) is 2.64. The summed E-state index contributed by atoms with van der Waals surface area (Å²) in [7, 11) is 1.59. The molecule has 1 aliphatic heterocycles. The topological polar surface area (TPSA) is 41.6 Å². The predicted octanol–water partition coefficient (Wildman–Crippen LogP) is 3.85. The molecule has 5 heteroatoms. The molecule has 1 aliphatic rings. The summed E-state index contributed by atoms with van der Waals surface area (Å²) in [4.78, 5) is 15.0. The van der Waals surface area contributed by atoms with Gasteiger partial charge in [-0.3, -0.25) is 9.69 Å². The van der Waals surface area contributed by atoms with Crippen LogP contribution in [0.2, 0.25) is 0 Å². The minimum Gasteiger partial charge on any atom is -0.496 e. The van der Waals surface area contributed by atoms with E-state index in [1.54, 1.807) is 13.2 Å². The lowest BCUT2D eigenvalue weighted by Crippen LogP contribution is -2.44. The van der Waals surface area contributed by atoms with E-state index in [9.17, 15) is 4.79 Å². The second kappa shape index (κ2) is 8.50. The number of nitrogens with zero attached hydrogens (tertiary/aromatic N) is 1. The summed E-state index contributed by atoms with van der Waals surface area (Å²) in [6.07, 6.45) is 1.93. The smallest absolute Gasteiger partial charge is 0.255 e. The van der Waals surface area contributed by atoms with Crippen molar-refractivity contribution < 1.29 is 9.53 Å². The summed E-state index contributed by atoms with van der Waals surface area (Å²) < 4.78 is 6.18. The number of rotatable bonds is 5. The first-order chi connectivity index (χ1) is 12.2. The molecule has 2 aromatic rings. The molecule has 0 atom stereocenters. The maximum Gasteiger partial charge on any atom is 0.255 e. The molecule has 0 bridgehead atoms. The minimum absolute atomic E-state index is 0.0698. The Kier molecular flexibility index (Phi) is 6.10. The van der Waals surface area contributed by atoms with Crippen LogP contribution in [-0.2, 0) is 6.54 Å². The summed E-state index contributed by atoms with van der Waals surface area (Å²) in [5.74, 6) is 0.530. The molecule has 0 unspecified atom stereocenters. The monoisotopic (exact) mass is 402 g/mol. The fourth-order valence-corrected chi connectivity index (χ4v) is 3.56. The zero-order valence-corrected chi connectivity index (χ0v) is 16.0. The minimum atomic E-state index is -0.0698. The van der Waals surface area contributed by atoms with Gasteiger partial charge in [0.1, 0.15) is 5.75 Å².